The first kappa shape index (κ1) is 15.7. The van der Waals surface area contributed by atoms with E-state index in [0.29, 0.717) is 24.3 Å². The Kier molecular flexibility index (Phi) is 4.14. The van der Waals surface area contributed by atoms with Crippen molar-refractivity contribution < 1.29 is 23.8 Å². The molecule has 2 atom stereocenters. The highest BCUT2D eigenvalue weighted by Crippen LogP contribution is 2.29. The predicted molar refractivity (Wildman–Crippen MR) is 89.5 cm³/mol. The first-order valence-corrected chi connectivity index (χ1v) is 8.45. The minimum absolute atomic E-state index is 0.498. The van der Waals surface area contributed by atoms with Gasteiger partial charge in [-0.25, -0.2) is 9.59 Å². The van der Waals surface area contributed by atoms with E-state index in [1.165, 1.54) is 0 Å². The number of hydrogen-bond donors (Lipinski definition) is 0. The third kappa shape index (κ3) is 3.22. The Labute approximate surface area is 145 Å². The van der Waals surface area contributed by atoms with Crippen molar-refractivity contribution in [3.8, 4) is 11.5 Å². The molecular weight excluding hydrogens is 320 g/mol. The van der Waals surface area contributed by atoms with Crippen LogP contribution in [0, 0.1) is 0 Å². The van der Waals surface area contributed by atoms with Gasteiger partial charge in [-0.2, -0.15) is 0 Å². The van der Waals surface area contributed by atoms with Crippen molar-refractivity contribution in [3.05, 3.63) is 59.7 Å². The minimum Gasteiger partial charge on any atom is -0.478 e. The van der Waals surface area contributed by atoms with Crippen molar-refractivity contribution in [1.29, 1.82) is 0 Å². The second-order valence-corrected chi connectivity index (χ2v) is 6.25. The van der Waals surface area contributed by atoms with Crippen molar-refractivity contribution in [2.45, 2.75) is 37.9 Å². The van der Waals surface area contributed by atoms with E-state index in [9.17, 15) is 9.59 Å². The first-order chi connectivity index (χ1) is 12.2. The zero-order valence-corrected chi connectivity index (χ0v) is 13.6. The molecule has 2 heterocycles. The van der Waals surface area contributed by atoms with Crippen molar-refractivity contribution in [1.82, 2.24) is 0 Å². The fourth-order valence-electron chi connectivity index (χ4n) is 3.21. The number of ether oxygens (including phenoxy) is 3. The maximum absolute atomic E-state index is 12.3. The summed E-state index contributed by atoms with van der Waals surface area (Å²) in [5.41, 5.74) is 2.12. The Bertz CT molecular complexity index is 746. The number of carbonyl (C=O) groups is 2. The molecule has 0 bridgehead atoms. The lowest BCUT2D eigenvalue weighted by Crippen LogP contribution is -2.39. The van der Waals surface area contributed by atoms with Gasteiger partial charge in [0.25, 0.3) is 0 Å². The molecule has 5 heteroatoms. The van der Waals surface area contributed by atoms with Gasteiger partial charge >= 0.3 is 11.9 Å². The molecular formula is C20H18O5. The fourth-order valence-corrected chi connectivity index (χ4v) is 3.21. The lowest BCUT2D eigenvalue weighted by molar-refractivity contribution is -0.170. The summed E-state index contributed by atoms with van der Waals surface area (Å²) < 4.78 is 16.4. The topological polar surface area (TPSA) is 61.8 Å². The zero-order valence-electron chi connectivity index (χ0n) is 13.6. The molecule has 4 rings (SSSR count). The van der Waals surface area contributed by atoms with Crippen LogP contribution in [-0.4, -0.2) is 24.1 Å². The summed E-state index contributed by atoms with van der Waals surface area (Å²) in [4.78, 5) is 24.6. The molecule has 0 aliphatic carbocycles. The van der Waals surface area contributed by atoms with Crippen molar-refractivity contribution in [3.63, 3.8) is 0 Å². The van der Waals surface area contributed by atoms with E-state index in [2.05, 4.69) is 0 Å². The zero-order chi connectivity index (χ0) is 17.2. The Balaban J connectivity index is 1.38. The van der Waals surface area contributed by atoms with Gasteiger partial charge in [-0.15, -0.1) is 0 Å². The summed E-state index contributed by atoms with van der Waals surface area (Å²) in [6, 6.07) is 15.1. The molecule has 2 aromatic carbocycles. The minimum atomic E-state index is -0.755. The van der Waals surface area contributed by atoms with Gasteiger partial charge in [0.1, 0.15) is 11.5 Å². The Morgan fingerprint density at radius 1 is 0.760 bits per heavy atom. The van der Waals surface area contributed by atoms with E-state index in [-0.39, 0.29) is 0 Å². The molecule has 5 nitrogen and oxygen atoms in total. The molecule has 0 spiro atoms. The van der Waals surface area contributed by atoms with Gasteiger partial charge < -0.3 is 14.2 Å². The quantitative estimate of drug-likeness (QED) is 0.622. The molecule has 25 heavy (non-hydrogen) atoms. The highest BCUT2D eigenvalue weighted by Gasteiger charge is 2.33. The first-order valence-electron chi connectivity index (χ1n) is 8.45. The normalized spacial score (nSPS) is 21.1. The number of para-hydroxylation sites is 2. The molecule has 0 N–H and O–H groups in total. The van der Waals surface area contributed by atoms with Crippen molar-refractivity contribution in [2.75, 3.05) is 0 Å². The molecule has 2 unspecified atom stereocenters. The molecule has 0 amide bonds. The number of carbonyl (C=O) groups excluding carboxylic acids is 2. The van der Waals surface area contributed by atoms with Crippen LogP contribution in [0.3, 0.4) is 0 Å². The van der Waals surface area contributed by atoms with E-state index in [1.807, 2.05) is 48.5 Å². The lowest BCUT2D eigenvalue weighted by atomic mass is 10.0. The van der Waals surface area contributed by atoms with Gasteiger partial charge in [0.15, 0.2) is 12.2 Å². The molecule has 0 fully saturated rings. The van der Waals surface area contributed by atoms with Crippen LogP contribution in [0.2, 0.25) is 0 Å². The van der Waals surface area contributed by atoms with Crippen molar-refractivity contribution in [2.24, 2.45) is 0 Å². The molecule has 0 saturated carbocycles. The third-order valence-electron chi connectivity index (χ3n) is 4.56. The summed E-state index contributed by atoms with van der Waals surface area (Å²) in [6.07, 6.45) is 0.925. The summed E-state index contributed by atoms with van der Waals surface area (Å²) in [6.45, 7) is 0. The summed E-state index contributed by atoms with van der Waals surface area (Å²) in [5, 5.41) is 0. The Morgan fingerprint density at radius 3 is 1.68 bits per heavy atom. The molecule has 0 saturated heterocycles. The van der Waals surface area contributed by atoms with Gasteiger partial charge in [-0.05, 0) is 48.9 Å². The average Bonchev–Trinajstić information content (AvgIpc) is 2.67. The van der Waals surface area contributed by atoms with E-state index in [0.717, 1.165) is 24.0 Å². The highest BCUT2D eigenvalue weighted by molar-refractivity contribution is 5.90. The van der Waals surface area contributed by atoms with Crippen LogP contribution in [0.1, 0.15) is 24.0 Å². The van der Waals surface area contributed by atoms with Crippen LogP contribution in [0.4, 0.5) is 0 Å². The average molecular weight is 338 g/mol. The lowest BCUT2D eigenvalue weighted by Gasteiger charge is -2.26. The standard InChI is InChI=1S/C20H18O5/c21-19(17-11-9-13-5-1-3-7-15(13)23-17)25-20(22)18-12-10-14-6-2-4-8-16(14)24-18/h1-8,17-18H,9-12H2. The molecule has 0 radical (unpaired) electrons. The van der Waals surface area contributed by atoms with Crippen LogP contribution >= 0.6 is 0 Å². The number of rotatable bonds is 2. The van der Waals surface area contributed by atoms with Crippen LogP contribution in [0.5, 0.6) is 11.5 Å². The van der Waals surface area contributed by atoms with Gasteiger partial charge in [-0.3, -0.25) is 0 Å². The molecule has 0 aromatic heterocycles. The molecule has 2 aliphatic heterocycles. The van der Waals surface area contributed by atoms with E-state index < -0.39 is 24.1 Å². The van der Waals surface area contributed by atoms with E-state index in [1.54, 1.807) is 0 Å². The van der Waals surface area contributed by atoms with Crippen LogP contribution < -0.4 is 9.47 Å². The molecule has 2 aliphatic rings. The van der Waals surface area contributed by atoms with E-state index >= 15 is 0 Å². The second kappa shape index (κ2) is 6.59. The number of esters is 2. The van der Waals surface area contributed by atoms with Crippen LogP contribution in [0.15, 0.2) is 48.5 Å². The summed E-state index contributed by atoms with van der Waals surface area (Å²) in [5.74, 6) is 0.0425. The highest BCUT2D eigenvalue weighted by atomic mass is 16.6. The molecule has 2 aromatic rings. The number of hydrogen-bond acceptors (Lipinski definition) is 5. The van der Waals surface area contributed by atoms with Crippen molar-refractivity contribution >= 4 is 11.9 Å². The van der Waals surface area contributed by atoms with E-state index in [4.69, 9.17) is 14.2 Å². The SMILES string of the molecule is O=C(OC(=O)C1CCc2ccccc2O1)C1CCc2ccccc2O1. The smallest absolute Gasteiger partial charge is 0.355 e. The number of benzene rings is 2. The Morgan fingerprint density at radius 2 is 1.20 bits per heavy atom. The van der Waals surface area contributed by atoms with Crippen LogP contribution in [-0.2, 0) is 27.2 Å². The third-order valence-corrected chi connectivity index (χ3v) is 4.56. The van der Waals surface area contributed by atoms with Crippen LogP contribution in [0.25, 0.3) is 0 Å². The largest absolute Gasteiger partial charge is 0.478 e. The fraction of sp³-hybridized carbons (Fsp3) is 0.300. The predicted octanol–water partition coefficient (Wildman–Crippen LogP) is 2.84. The number of fused-ring (bicyclic) bond motifs is 2. The maximum Gasteiger partial charge on any atom is 0.355 e. The second-order valence-electron chi connectivity index (χ2n) is 6.25. The molecule has 128 valence electrons. The van der Waals surface area contributed by atoms with Gasteiger partial charge in [-0.1, -0.05) is 36.4 Å². The number of aryl methyl sites for hydroxylation is 2. The van der Waals surface area contributed by atoms with Gasteiger partial charge in [0, 0.05) is 0 Å². The monoisotopic (exact) mass is 338 g/mol. The summed E-state index contributed by atoms with van der Waals surface area (Å²) >= 11 is 0. The Hall–Kier alpha value is -2.82. The summed E-state index contributed by atoms with van der Waals surface area (Å²) in [7, 11) is 0. The van der Waals surface area contributed by atoms with Gasteiger partial charge in [0.2, 0.25) is 0 Å². The van der Waals surface area contributed by atoms with Gasteiger partial charge in [0.05, 0.1) is 0 Å². The maximum atomic E-state index is 12.3.